The van der Waals surface area contributed by atoms with Crippen LogP contribution in [0.2, 0.25) is 0 Å². The van der Waals surface area contributed by atoms with Gasteiger partial charge in [-0.1, -0.05) is 23.1 Å². The molecule has 0 aliphatic carbocycles. The molecule has 1 aromatic heterocycles. The molecule has 1 fully saturated rings. The highest BCUT2D eigenvalue weighted by atomic mass is 32.2. The van der Waals surface area contributed by atoms with Crippen LogP contribution >= 0.6 is 23.1 Å². The first kappa shape index (κ1) is 25.2. The fourth-order valence-corrected chi connectivity index (χ4v) is 5.64. The van der Waals surface area contributed by atoms with Gasteiger partial charge in [-0.25, -0.2) is 12.7 Å². The predicted octanol–water partition coefficient (Wildman–Crippen LogP) is 1.90. The summed E-state index contributed by atoms with van der Waals surface area (Å²) < 4.78 is 35.5. The number of sulfonamides is 1. The first-order chi connectivity index (χ1) is 15.7. The lowest BCUT2D eigenvalue weighted by Crippen LogP contribution is -2.40. The Hall–Kier alpha value is -2.42. The number of hydrogen-bond acceptors (Lipinski definition) is 10. The Kier molecular flexibility index (Phi) is 8.51. The number of carbonyl (C=O) groups is 2. The molecule has 180 valence electrons. The molecule has 2 heterocycles. The number of methoxy groups -OCH3 is 2. The first-order valence-electron chi connectivity index (χ1n) is 9.93. The Labute approximate surface area is 200 Å². The fraction of sp³-hybridized carbons (Fsp3) is 0.474. The standard InChI is InChI=1S/C19H25N5O6S3/c1-29-14-5-4-13(10-15(14)30-2)20-16(25)11-31-19-23-22-18(32-19)21-17(26)12-6-8-24(9-7-12)33(3,27)28/h4-5,10,12H,6-9,11H2,1-3H3,(H,20,25)(H,21,22,26). The summed E-state index contributed by atoms with van der Waals surface area (Å²) >= 11 is 2.38. The van der Waals surface area contributed by atoms with Gasteiger partial charge >= 0.3 is 0 Å². The lowest BCUT2D eigenvalue weighted by Gasteiger charge is -2.29. The number of carbonyl (C=O) groups excluding carboxylic acids is 2. The van der Waals surface area contributed by atoms with Crippen molar-refractivity contribution in [1.82, 2.24) is 14.5 Å². The number of ether oxygens (including phenoxy) is 2. The summed E-state index contributed by atoms with van der Waals surface area (Å²) in [5, 5.41) is 13.8. The number of piperidine rings is 1. The highest BCUT2D eigenvalue weighted by Gasteiger charge is 2.29. The Balaban J connectivity index is 1.46. The van der Waals surface area contributed by atoms with Crippen molar-refractivity contribution in [1.29, 1.82) is 0 Å². The minimum absolute atomic E-state index is 0.112. The normalized spacial score (nSPS) is 15.1. The number of amides is 2. The molecule has 1 aliphatic heterocycles. The van der Waals surface area contributed by atoms with Crippen LogP contribution in [0.1, 0.15) is 12.8 Å². The first-order valence-corrected chi connectivity index (χ1v) is 13.6. The molecule has 11 nitrogen and oxygen atoms in total. The van der Waals surface area contributed by atoms with Crippen LogP contribution in [-0.2, 0) is 19.6 Å². The number of anilines is 2. The minimum atomic E-state index is -3.24. The summed E-state index contributed by atoms with van der Waals surface area (Å²) in [5.41, 5.74) is 0.574. The monoisotopic (exact) mass is 515 g/mol. The van der Waals surface area contributed by atoms with Gasteiger partial charge in [0.1, 0.15) is 0 Å². The van der Waals surface area contributed by atoms with Crippen molar-refractivity contribution in [3.8, 4) is 11.5 Å². The van der Waals surface area contributed by atoms with Crippen molar-refractivity contribution in [3.05, 3.63) is 18.2 Å². The summed E-state index contributed by atoms with van der Waals surface area (Å²) in [6.07, 6.45) is 2.08. The van der Waals surface area contributed by atoms with E-state index in [1.807, 2.05) is 0 Å². The van der Waals surface area contributed by atoms with E-state index in [0.717, 1.165) is 0 Å². The van der Waals surface area contributed by atoms with Crippen molar-refractivity contribution in [2.24, 2.45) is 5.92 Å². The number of thioether (sulfide) groups is 1. The van der Waals surface area contributed by atoms with Gasteiger partial charge in [-0.3, -0.25) is 9.59 Å². The van der Waals surface area contributed by atoms with Crippen molar-refractivity contribution < 1.29 is 27.5 Å². The molecule has 0 saturated carbocycles. The Morgan fingerprint density at radius 3 is 2.48 bits per heavy atom. The number of benzene rings is 1. The van der Waals surface area contributed by atoms with Crippen LogP contribution < -0.4 is 20.1 Å². The largest absolute Gasteiger partial charge is 0.493 e. The molecule has 2 amide bonds. The average Bonchev–Trinajstić information content (AvgIpc) is 3.24. The van der Waals surface area contributed by atoms with E-state index in [2.05, 4.69) is 20.8 Å². The van der Waals surface area contributed by atoms with E-state index in [9.17, 15) is 18.0 Å². The van der Waals surface area contributed by atoms with Crippen LogP contribution in [0.15, 0.2) is 22.5 Å². The SMILES string of the molecule is COc1ccc(NC(=O)CSc2nnc(NC(=O)C3CCN(S(C)(=O)=O)CC3)s2)cc1OC. The van der Waals surface area contributed by atoms with Crippen LogP contribution in [0.5, 0.6) is 11.5 Å². The van der Waals surface area contributed by atoms with E-state index in [0.29, 0.717) is 52.6 Å². The van der Waals surface area contributed by atoms with Crippen molar-refractivity contribution >= 4 is 55.8 Å². The zero-order valence-electron chi connectivity index (χ0n) is 18.4. The molecule has 1 saturated heterocycles. The molecular formula is C19H25N5O6S3. The van der Waals surface area contributed by atoms with Crippen molar-refractivity contribution in [2.75, 3.05) is 50.0 Å². The third kappa shape index (κ3) is 7.03. The highest BCUT2D eigenvalue weighted by Crippen LogP contribution is 2.30. The van der Waals surface area contributed by atoms with Gasteiger partial charge in [-0.15, -0.1) is 10.2 Å². The molecule has 0 unspecified atom stereocenters. The fourth-order valence-electron chi connectivity index (χ4n) is 3.21. The molecule has 14 heteroatoms. The quantitative estimate of drug-likeness (QED) is 0.378. The molecule has 2 N–H and O–H groups in total. The van der Waals surface area contributed by atoms with Crippen LogP contribution in [0.4, 0.5) is 10.8 Å². The second-order valence-corrected chi connectivity index (χ2v) is 11.4. The van der Waals surface area contributed by atoms with Gasteiger partial charge in [0.15, 0.2) is 15.8 Å². The molecule has 0 bridgehead atoms. The third-order valence-electron chi connectivity index (χ3n) is 4.92. The number of aromatic nitrogens is 2. The Morgan fingerprint density at radius 1 is 1.15 bits per heavy atom. The molecule has 1 aliphatic rings. The Bertz CT molecular complexity index is 1100. The van der Waals surface area contributed by atoms with Gasteiger partial charge in [0, 0.05) is 30.8 Å². The summed E-state index contributed by atoms with van der Waals surface area (Å²) in [5.74, 6) is 0.465. The highest BCUT2D eigenvalue weighted by molar-refractivity contribution is 8.01. The maximum atomic E-state index is 12.5. The molecule has 2 aromatic rings. The number of hydrogen-bond donors (Lipinski definition) is 2. The van der Waals surface area contributed by atoms with Crippen LogP contribution in [0.25, 0.3) is 0 Å². The van der Waals surface area contributed by atoms with Gasteiger partial charge in [0.25, 0.3) is 0 Å². The van der Waals surface area contributed by atoms with E-state index in [4.69, 9.17) is 9.47 Å². The second-order valence-electron chi connectivity index (χ2n) is 7.21. The minimum Gasteiger partial charge on any atom is -0.493 e. The smallest absolute Gasteiger partial charge is 0.234 e. The molecule has 1 aromatic carbocycles. The van der Waals surface area contributed by atoms with E-state index < -0.39 is 10.0 Å². The van der Waals surface area contributed by atoms with Crippen LogP contribution in [0.3, 0.4) is 0 Å². The van der Waals surface area contributed by atoms with E-state index in [-0.39, 0.29) is 23.5 Å². The summed E-state index contributed by atoms with van der Waals surface area (Å²) in [4.78, 5) is 24.7. The predicted molar refractivity (Wildman–Crippen MR) is 127 cm³/mol. The van der Waals surface area contributed by atoms with Gasteiger partial charge in [0.2, 0.25) is 27.0 Å². The topological polar surface area (TPSA) is 140 Å². The zero-order valence-corrected chi connectivity index (χ0v) is 20.8. The van der Waals surface area contributed by atoms with Crippen LogP contribution in [-0.4, -0.2) is 74.1 Å². The number of nitrogens with one attached hydrogen (secondary N) is 2. The van der Waals surface area contributed by atoms with Gasteiger partial charge in [0.05, 0.1) is 26.2 Å². The van der Waals surface area contributed by atoms with E-state index >= 15 is 0 Å². The maximum Gasteiger partial charge on any atom is 0.234 e. The third-order valence-corrected chi connectivity index (χ3v) is 8.20. The average molecular weight is 516 g/mol. The Morgan fingerprint density at radius 2 is 1.85 bits per heavy atom. The van der Waals surface area contributed by atoms with E-state index in [1.54, 1.807) is 18.2 Å². The second kappa shape index (κ2) is 11.1. The molecule has 0 spiro atoms. The molecule has 33 heavy (non-hydrogen) atoms. The zero-order chi connectivity index (χ0) is 24.0. The molecular weight excluding hydrogens is 490 g/mol. The van der Waals surface area contributed by atoms with Gasteiger partial charge in [-0.2, -0.15) is 0 Å². The summed E-state index contributed by atoms with van der Waals surface area (Å²) in [6.45, 7) is 0.645. The van der Waals surface area contributed by atoms with E-state index in [1.165, 1.54) is 47.9 Å². The molecule has 0 radical (unpaired) electrons. The van der Waals surface area contributed by atoms with Gasteiger partial charge in [-0.05, 0) is 25.0 Å². The van der Waals surface area contributed by atoms with Gasteiger partial charge < -0.3 is 20.1 Å². The molecule has 3 rings (SSSR count). The lowest BCUT2D eigenvalue weighted by atomic mass is 9.97. The lowest BCUT2D eigenvalue weighted by molar-refractivity contribution is -0.121. The van der Waals surface area contributed by atoms with Crippen molar-refractivity contribution in [2.45, 2.75) is 17.2 Å². The maximum absolute atomic E-state index is 12.5. The van der Waals surface area contributed by atoms with Crippen molar-refractivity contribution in [3.63, 3.8) is 0 Å². The summed E-state index contributed by atoms with van der Waals surface area (Å²) in [6, 6.07) is 5.08. The summed E-state index contributed by atoms with van der Waals surface area (Å²) in [7, 11) is -0.184. The van der Waals surface area contributed by atoms with Crippen LogP contribution in [0, 0.1) is 5.92 Å². The molecule has 0 atom stereocenters. The number of nitrogens with zero attached hydrogens (tertiary/aromatic N) is 3. The number of rotatable bonds is 9.